The van der Waals surface area contributed by atoms with Gasteiger partial charge in [0.1, 0.15) is 5.69 Å². The molecular weight excluding hydrogens is 271 g/mol. The Morgan fingerprint density at radius 1 is 1.30 bits per heavy atom. The van der Waals surface area contributed by atoms with Gasteiger partial charge in [-0.25, -0.2) is 15.0 Å². The molecule has 1 N–H and O–H groups in total. The summed E-state index contributed by atoms with van der Waals surface area (Å²) in [4.78, 5) is 11.9. The highest BCUT2D eigenvalue weighted by Crippen LogP contribution is 2.34. The zero-order chi connectivity index (χ0) is 14.3. The van der Waals surface area contributed by atoms with Crippen LogP contribution < -0.4 is 5.32 Å². The number of hydrogen-bond donors (Lipinski definition) is 1. The fourth-order valence-electron chi connectivity index (χ4n) is 2.28. The number of aromatic nitrogens is 4. The Bertz CT molecular complexity index is 647. The molecule has 3 heterocycles. The number of alkyl halides is 3. The SMILES string of the molecule is Cn1cncc1-c1nc2c(c(C(F)(F)F)n1)CCNC2. The molecule has 0 bridgehead atoms. The van der Waals surface area contributed by atoms with E-state index in [1.165, 1.54) is 12.5 Å². The Morgan fingerprint density at radius 3 is 2.75 bits per heavy atom. The van der Waals surface area contributed by atoms with Crippen molar-refractivity contribution in [2.45, 2.75) is 19.1 Å². The maximum Gasteiger partial charge on any atom is 0.433 e. The first kappa shape index (κ1) is 13.0. The molecule has 1 aliphatic heterocycles. The molecule has 8 heteroatoms. The highest BCUT2D eigenvalue weighted by molar-refractivity contribution is 5.50. The van der Waals surface area contributed by atoms with Gasteiger partial charge in [0.05, 0.1) is 18.2 Å². The topological polar surface area (TPSA) is 55.6 Å². The molecule has 0 saturated heterocycles. The summed E-state index contributed by atoms with van der Waals surface area (Å²) in [6.07, 6.45) is -1.23. The number of nitrogens with zero attached hydrogens (tertiary/aromatic N) is 4. The van der Waals surface area contributed by atoms with Gasteiger partial charge < -0.3 is 9.88 Å². The van der Waals surface area contributed by atoms with Crippen molar-refractivity contribution in [3.05, 3.63) is 29.5 Å². The standard InChI is InChI=1S/C12H12F3N5/c1-20-6-17-5-9(20)11-18-8-4-16-3-2-7(8)10(19-11)12(13,14)15/h5-6,16H,2-4H2,1H3. The zero-order valence-corrected chi connectivity index (χ0v) is 10.7. The first-order chi connectivity index (χ1) is 9.47. The van der Waals surface area contributed by atoms with Crippen LogP contribution in [-0.4, -0.2) is 26.1 Å². The molecule has 2 aromatic heterocycles. The average Bonchev–Trinajstić information content (AvgIpc) is 2.82. The molecule has 20 heavy (non-hydrogen) atoms. The monoisotopic (exact) mass is 283 g/mol. The second kappa shape index (κ2) is 4.55. The summed E-state index contributed by atoms with van der Waals surface area (Å²) in [6.45, 7) is 0.830. The van der Waals surface area contributed by atoms with Crippen molar-refractivity contribution in [3.8, 4) is 11.5 Å². The van der Waals surface area contributed by atoms with E-state index in [9.17, 15) is 13.2 Å². The van der Waals surface area contributed by atoms with Crippen molar-refractivity contribution in [2.24, 2.45) is 7.05 Å². The van der Waals surface area contributed by atoms with Crippen LogP contribution in [0.25, 0.3) is 11.5 Å². The van der Waals surface area contributed by atoms with Gasteiger partial charge in [-0.2, -0.15) is 13.2 Å². The van der Waals surface area contributed by atoms with Crippen molar-refractivity contribution in [2.75, 3.05) is 6.54 Å². The number of nitrogens with one attached hydrogen (secondary N) is 1. The number of imidazole rings is 1. The van der Waals surface area contributed by atoms with Gasteiger partial charge in [-0.3, -0.25) is 0 Å². The Morgan fingerprint density at radius 2 is 2.10 bits per heavy atom. The van der Waals surface area contributed by atoms with Gasteiger partial charge >= 0.3 is 6.18 Å². The van der Waals surface area contributed by atoms with E-state index >= 15 is 0 Å². The lowest BCUT2D eigenvalue weighted by atomic mass is 10.0. The largest absolute Gasteiger partial charge is 0.433 e. The lowest BCUT2D eigenvalue weighted by Gasteiger charge is -2.21. The fraction of sp³-hybridized carbons (Fsp3) is 0.417. The van der Waals surface area contributed by atoms with Crippen molar-refractivity contribution >= 4 is 0 Å². The second-order valence-electron chi connectivity index (χ2n) is 4.64. The summed E-state index contributed by atoms with van der Waals surface area (Å²) in [6, 6.07) is 0. The molecule has 0 spiro atoms. The molecule has 0 unspecified atom stereocenters. The number of hydrogen-bond acceptors (Lipinski definition) is 4. The smallest absolute Gasteiger partial charge is 0.331 e. The van der Waals surface area contributed by atoms with Crippen LogP contribution in [0.15, 0.2) is 12.5 Å². The molecular formula is C12H12F3N5. The molecule has 2 aromatic rings. The molecule has 0 fully saturated rings. The van der Waals surface area contributed by atoms with Gasteiger partial charge in [0.2, 0.25) is 0 Å². The lowest BCUT2D eigenvalue weighted by Crippen LogP contribution is -2.29. The van der Waals surface area contributed by atoms with Gasteiger partial charge in [0, 0.05) is 19.2 Å². The van der Waals surface area contributed by atoms with Crippen LogP contribution in [0.2, 0.25) is 0 Å². The van der Waals surface area contributed by atoms with Crippen molar-refractivity contribution in [1.82, 2.24) is 24.8 Å². The first-order valence-electron chi connectivity index (χ1n) is 6.11. The quantitative estimate of drug-likeness (QED) is 0.862. The van der Waals surface area contributed by atoms with E-state index in [0.29, 0.717) is 24.5 Å². The second-order valence-corrected chi connectivity index (χ2v) is 4.64. The van der Waals surface area contributed by atoms with Crippen LogP contribution in [0, 0.1) is 0 Å². The van der Waals surface area contributed by atoms with Crippen LogP contribution in [0.1, 0.15) is 17.0 Å². The third-order valence-corrected chi connectivity index (χ3v) is 3.25. The molecule has 3 rings (SSSR count). The predicted octanol–water partition coefficient (Wildman–Crippen LogP) is 1.54. The summed E-state index contributed by atoms with van der Waals surface area (Å²) >= 11 is 0. The van der Waals surface area contributed by atoms with Crippen LogP contribution in [0.5, 0.6) is 0 Å². The predicted molar refractivity (Wildman–Crippen MR) is 64.6 cm³/mol. The Labute approximate surface area is 112 Å². The molecule has 0 aliphatic carbocycles. The molecule has 0 radical (unpaired) electrons. The minimum Gasteiger partial charge on any atom is -0.331 e. The summed E-state index contributed by atoms with van der Waals surface area (Å²) < 4.78 is 41.1. The molecule has 1 aliphatic rings. The van der Waals surface area contributed by atoms with E-state index in [-0.39, 0.29) is 17.8 Å². The Kier molecular flexibility index (Phi) is 2.97. The lowest BCUT2D eigenvalue weighted by molar-refractivity contribution is -0.142. The molecule has 106 valence electrons. The molecule has 0 aromatic carbocycles. The minimum atomic E-state index is -4.47. The van der Waals surface area contributed by atoms with E-state index < -0.39 is 11.9 Å². The van der Waals surface area contributed by atoms with Crippen LogP contribution in [0.3, 0.4) is 0 Å². The normalized spacial score (nSPS) is 15.2. The first-order valence-corrected chi connectivity index (χ1v) is 6.11. The Balaban J connectivity index is 2.21. The maximum absolute atomic E-state index is 13.2. The minimum absolute atomic E-state index is 0.0553. The van der Waals surface area contributed by atoms with E-state index in [4.69, 9.17) is 0 Å². The third kappa shape index (κ3) is 2.15. The summed E-state index contributed by atoms with van der Waals surface area (Å²) in [5, 5.41) is 3.03. The molecule has 0 saturated carbocycles. The molecule has 5 nitrogen and oxygen atoms in total. The van der Waals surface area contributed by atoms with Crippen LogP contribution in [0.4, 0.5) is 13.2 Å². The summed E-state index contributed by atoms with van der Waals surface area (Å²) in [7, 11) is 1.69. The summed E-state index contributed by atoms with van der Waals surface area (Å²) in [5.41, 5.74) is 0.237. The molecule has 0 amide bonds. The van der Waals surface area contributed by atoms with E-state index in [1.807, 2.05) is 0 Å². The Hall–Kier alpha value is -1.96. The van der Waals surface area contributed by atoms with E-state index in [0.717, 1.165) is 0 Å². The van der Waals surface area contributed by atoms with Gasteiger partial charge in [-0.15, -0.1) is 0 Å². The fourth-order valence-corrected chi connectivity index (χ4v) is 2.28. The van der Waals surface area contributed by atoms with Gasteiger partial charge in [-0.05, 0) is 13.0 Å². The van der Waals surface area contributed by atoms with Crippen molar-refractivity contribution < 1.29 is 13.2 Å². The average molecular weight is 283 g/mol. The third-order valence-electron chi connectivity index (χ3n) is 3.25. The van der Waals surface area contributed by atoms with Crippen LogP contribution in [-0.2, 0) is 26.2 Å². The number of fused-ring (bicyclic) bond motifs is 1. The number of rotatable bonds is 1. The highest BCUT2D eigenvalue weighted by atomic mass is 19.4. The van der Waals surface area contributed by atoms with E-state index in [1.54, 1.807) is 11.6 Å². The maximum atomic E-state index is 13.2. The number of aryl methyl sites for hydroxylation is 1. The van der Waals surface area contributed by atoms with Gasteiger partial charge in [-0.1, -0.05) is 0 Å². The van der Waals surface area contributed by atoms with Gasteiger partial charge in [0.25, 0.3) is 0 Å². The van der Waals surface area contributed by atoms with Gasteiger partial charge in [0.15, 0.2) is 11.5 Å². The van der Waals surface area contributed by atoms with Crippen molar-refractivity contribution in [1.29, 1.82) is 0 Å². The van der Waals surface area contributed by atoms with Crippen LogP contribution >= 0.6 is 0 Å². The summed E-state index contributed by atoms with van der Waals surface area (Å²) in [5.74, 6) is 0.0553. The number of halogens is 3. The molecule has 0 atom stereocenters. The van der Waals surface area contributed by atoms with Crippen molar-refractivity contribution in [3.63, 3.8) is 0 Å². The van der Waals surface area contributed by atoms with E-state index in [2.05, 4.69) is 20.3 Å². The zero-order valence-electron chi connectivity index (χ0n) is 10.7. The highest BCUT2D eigenvalue weighted by Gasteiger charge is 2.38.